The van der Waals surface area contributed by atoms with Crippen LogP contribution in [0.2, 0.25) is 0 Å². The summed E-state index contributed by atoms with van der Waals surface area (Å²) in [7, 11) is 0. The van der Waals surface area contributed by atoms with Crippen molar-refractivity contribution in [1.82, 2.24) is 0 Å². The first-order valence-electron chi connectivity index (χ1n) is 17.2. The summed E-state index contributed by atoms with van der Waals surface area (Å²) in [5, 5.41) is 2.72. The first-order valence-corrected chi connectivity index (χ1v) is 17.2. The number of hydrogen-bond acceptors (Lipinski definition) is 0. The molecule has 0 heterocycles. The number of hydrogen-bond donors (Lipinski definition) is 0. The summed E-state index contributed by atoms with van der Waals surface area (Å²) in [6.07, 6.45) is 3.25. The van der Waals surface area contributed by atoms with Crippen LogP contribution in [0.1, 0.15) is 88.8 Å². The molecule has 3 aliphatic carbocycles. The van der Waals surface area contributed by atoms with Crippen LogP contribution in [0.25, 0.3) is 44.2 Å². The monoisotopic (exact) mass is 590 g/mol. The van der Waals surface area contributed by atoms with E-state index >= 15 is 0 Å². The lowest BCUT2D eigenvalue weighted by Gasteiger charge is -2.06. The summed E-state index contributed by atoms with van der Waals surface area (Å²) < 4.78 is 0. The van der Waals surface area contributed by atoms with Crippen molar-refractivity contribution in [3.8, 4) is 33.4 Å². The molecule has 3 aliphatic rings. The van der Waals surface area contributed by atoms with Gasteiger partial charge in [-0.1, -0.05) is 165 Å². The first kappa shape index (κ1) is 33.5. The van der Waals surface area contributed by atoms with Gasteiger partial charge in [0.2, 0.25) is 0 Å². The van der Waals surface area contributed by atoms with Crippen molar-refractivity contribution in [1.29, 1.82) is 0 Å². The van der Waals surface area contributed by atoms with Crippen LogP contribution in [0.5, 0.6) is 0 Å². The Bertz CT molecular complexity index is 1780. The van der Waals surface area contributed by atoms with Gasteiger partial charge in [-0.05, 0) is 109 Å². The van der Waals surface area contributed by atoms with Crippen LogP contribution >= 0.6 is 0 Å². The van der Waals surface area contributed by atoms with Crippen LogP contribution in [0.4, 0.5) is 0 Å². The highest BCUT2D eigenvalue weighted by Crippen LogP contribution is 2.44. The van der Waals surface area contributed by atoms with Gasteiger partial charge in [0.15, 0.2) is 0 Å². The van der Waals surface area contributed by atoms with Crippen molar-refractivity contribution < 1.29 is 0 Å². The second kappa shape index (κ2) is 16.1. The van der Waals surface area contributed by atoms with Crippen LogP contribution in [0, 0.1) is 0 Å². The molecule has 0 aliphatic heterocycles. The molecule has 0 radical (unpaired) electrons. The Hall–Kier alpha value is -4.42. The largest absolute Gasteiger partial charge is 0.0683 e. The molecular formula is C45H50. The lowest BCUT2D eigenvalue weighted by Crippen LogP contribution is -1.85. The van der Waals surface area contributed by atoms with E-state index in [9.17, 15) is 0 Å². The molecule has 0 saturated heterocycles. The summed E-state index contributed by atoms with van der Waals surface area (Å²) in [4.78, 5) is 0. The quantitative estimate of drug-likeness (QED) is 0.165. The van der Waals surface area contributed by atoms with Crippen LogP contribution in [-0.2, 0) is 19.3 Å². The van der Waals surface area contributed by atoms with Crippen molar-refractivity contribution in [3.63, 3.8) is 0 Å². The van der Waals surface area contributed by atoms with E-state index in [1.54, 1.807) is 0 Å². The number of rotatable bonds is 0. The van der Waals surface area contributed by atoms with E-state index in [1.807, 2.05) is 55.4 Å². The van der Waals surface area contributed by atoms with Crippen LogP contribution in [0.3, 0.4) is 0 Å². The molecule has 0 spiro atoms. The maximum Gasteiger partial charge on any atom is -0.00132 e. The molecular weight excluding hydrogens is 540 g/mol. The van der Waals surface area contributed by atoms with E-state index in [-0.39, 0.29) is 0 Å². The third kappa shape index (κ3) is 6.52. The molecule has 9 rings (SSSR count). The topological polar surface area (TPSA) is 0 Å². The van der Waals surface area contributed by atoms with E-state index in [1.165, 1.54) is 77.5 Å². The smallest absolute Gasteiger partial charge is 0.00132 e. The van der Waals surface area contributed by atoms with Gasteiger partial charge in [-0.15, -0.1) is 0 Å². The zero-order chi connectivity index (χ0) is 32.3. The van der Waals surface area contributed by atoms with Crippen molar-refractivity contribution >= 4 is 10.8 Å². The normalized spacial score (nSPS) is 11.3. The van der Waals surface area contributed by atoms with Gasteiger partial charge in [-0.25, -0.2) is 0 Å². The Kier molecular flexibility index (Phi) is 11.9. The van der Waals surface area contributed by atoms with Gasteiger partial charge in [0, 0.05) is 0 Å². The molecule has 0 saturated carbocycles. The summed E-state index contributed by atoms with van der Waals surface area (Å²) in [6.45, 7) is 16.0. The Morgan fingerprint density at radius 2 is 0.711 bits per heavy atom. The van der Waals surface area contributed by atoms with E-state index in [4.69, 9.17) is 0 Å². The van der Waals surface area contributed by atoms with Gasteiger partial charge in [-0.3, -0.25) is 0 Å². The molecule has 0 bridgehead atoms. The molecule has 0 aromatic heterocycles. The number of fused-ring (bicyclic) bond motifs is 11. The van der Waals surface area contributed by atoms with Gasteiger partial charge in [0.05, 0.1) is 0 Å². The maximum absolute atomic E-state index is 2.43. The van der Waals surface area contributed by atoms with E-state index in [2.05, 4.69) is 121 Å². The highest BCUT2D eigenvalue weighted by molar-refractivity contribution is 6.01. The minimum atomic E-state index is 1.08. The second-order valence-electron chi connectivity index (χ2n) is 10.5. The number of benzene rings is 6. The van der Waals surface area contributed by atoms with Crippen molar-refractivity contribution in [2.45, 2.75) is 74.7 Å². The summed E-state index contributed by atoms with van der Waals surface area (Å²) in [5.41, 5.74) is 17.5. The Morgan fingerprint density at radius 1 is 0.311 bits per heavy atom. The van der Waals surface area contributed by atoms with Crippen LogP contribution in [0.15, 0.2) is 121 Å². The van der Waals surface area contributed by atoms with Gasteiger partial charge in [0.1, 0.15) is 0 Å². The fourth-order valence-corrected chi connectivity index (χ4v) is 6.67. The van der Waals surface area contributed by atoms with E-state index in [0.29, 0.717) is 0 Å². The van der Waals surface area contributed by atoms with Gasteiger partial charge in [0.25, 0.3) is 0 Å². The predicted molar refractivity (Wildman–Crippen MR) is 201 cm³/mol. The SMILES string of the molecule is CC.CC.CC.CC.c1ccc2c(c1)Cc1cc3c(cc1-2)Cc1ccccc1-3.c1ccc2c(c1)Cc1ccc3ccccc3c1-2. The molecule has 0 nitrogen and oxygen atoms in total. The zero-order valence-corrected chi connectivity index (χ0v) is 28.7. The molecule has 0 fully saturated rings. The Labute approximate surface area is 272 Å². The highest BCUT2D eigenvalue weighted by atomic mass is 14.3. The Morgan fingerprint density at radius 3 is 1.24 bits per heavy atom. The standard InChI is InChI=1S/C20H14.C17H12.4C2H6/c1-3-7-17-13(5-1)9-15-11-20-16(12-19(15)17)10-14-6-2-4-8-18(14)20;1-3-7-15-12(5-1)9-10-14-11-13-6-2-4-8-16(13)17(14)15;4*1-2/h1-8,11-12H,9-10H2;1-10H,11H2;4*1-2H3. The molecule has 0 N–H and O–H groups in total. The third-order valence-electron chi connectivity index (χ3n) is 8.39. The average Bonchev–Trinajstić information content (AvgIpc) is 3.82. The van der Waals surface area contributed by atoms with Crippen LogP contribution < -0.4 is 0 Å². The molecule has 0 atom stereocenters. The van der Waals surface area contributed by atoms with E-state index in [0.717, 1.165) is 19.3 Å². The average molecular weight is 591 g/mol. The third-order valence-corrected chi connectivity index (χ3v) is 8.39. The summed E-state index contributed by atoms with van der Waals surface area (Å²) in [5.74, 6) is 0. The minimum Gasteiger partial charge on any atom is -0.0683 e. The van der Waals surface area contributed by atoms with Crippen molar-refractivity contribution in [2.24, 2.45) is 0 Å². The van der Waals surface area contributed by atoms with Crippen LogP contribution in [-0.4, -0.2) is 0 Å². The van der Waals surface area contributed by atoms with Gasteiger partial charge >= 0.3 is 0 Å². The Balaban J connectivity index is 0.000000170. The van der Waals surface area contributed by atoms with Crippen molar-refractivity contribution in [3.05, 3.63) is 155 Å². The molecule has 6 aromatic rings. The second-order valence-corrected chi connectivity index (χ2v) is 10.5. The molecule has 45 heavy (non-hydrogen) atoms. The highest BCUT2D eigenvalue weighted by Gasteiger charge is 2.24. The molecule has 230 valence electrons. The molecule has 6 aromatic carbocycles. The predicted octanol–water partition coefficient (Wildman–Crippen LogP) is 13.3. The molecule has 0 unspecified atom stereocenters. The maximum atomic E-state index is 2.43. The molecule has 0 heteroatoms. The molecule has 0 amide bonds. The zero-order valence-electron chi connectivity index (χ0n) is 28.7. The van der Waals surface area contributed by atoms with Gasteiger partial charge < -0.3 is 0 Å². The summed E-state index contributed by atoms with van der Waals surface area (Å²) >= 11 is 0. The first-order chi connectivity index (χ1) is 22.3. The lowest BCUT2D eigenvalue weighted by atomic mass is 9.98. The fraction of sp³-hybridized carbons (Fsp3) is 0.244. The van der Waals surface area contributed by atoms with Crippen molar-refractivity contribution in [2.75, 3.05) is 0 Å². The minimum absolute atomic E-state index is 1.08. The summed E-state index contributed by atoms with van der Waals surface area (Å²) in [6, 6.07) is 44.4. The lowest BCUT2D eigenvalue weighted by molar-refractivity contribution is 1.24. The fourth-order valence-electron chi connectivity index (χ4n) is 6.67. The van der Waals surface area contributed by atoms with Gasteiger partial charge in [-0.2, -0.15) is 0 Å². The van der Waals surface area contributed by atoms with E-state index < -0.39 is 0 Å².